The van der Waals surface area contributed by atoms with Crippen molar-refractivity contribution < 1.29 is 27.6 Å². The fourth-order valence-electron chi connectivity index (χ4n) is 2.18. The van der Waals surface area contributed by atoms with Crippen LogP contribution < -0.4 is 0 Å². The Morgan fingerprint density at radius 3 is 2.14 bits per heavy atom. The summed E-state index contributed by atoms with van der Waals surface area (Å²) in [4.78, 5) is 9.52. The quantitative estimate of drug-likeness (QED) is 0.114. The zero-order valence-electron chi connectivity index (χ0n) is 13.3. The molecule has 0 spiro atoms. The molecule has 0 unspecified atom stereocenters. The summed E-state index contributed by atoms with van der Waals surface area (Å²) in [6.07, 6.45) is 0. The summed E-state index contributed by atoms with van der Waals surface area (Å²) >= 11 is 3.83. The molecule has 0 bridgehead atoms. The van der Waals surface area contributed by atoms with E-state index < -0.39 is 10.1 Å². The molecule has 0 atom stereocenters. The van der Waals surface area contributed by atoms with Crippen LogP contribution in [0.1, 0.15) is 0 Å². The van der Waals surface area contributed by atoms with Crippen LogP contribution in [0.5, 0.6) is 0 Å². The van der Waals surface area contributed by atoms with Gasteiger partial charge in [0.25, 0.3) is 10.1 Å². The van der Waals surface area contributed by atoms with E-state index in [1.807, 2.05) is 18.2 Å². The zero-order valence-corrected chi connectivity index (χ0v) is 18.2. The smallest absolute Gasteiger partial charge is 0.282 e. The fraction of sp³-hybridized carbons (Fsp3) is 0. The number of hydrogen-bond donors (Lipinski definition) is 2. The maximum absolute atomic E-state index is 11.2. The normalized spacial score (nSPS) is 12.2. The minimum atomic E-state index is -4.25. The summed E-state index contributed by atoms with van der Waals surface area (Å²) in [6.45, 7) is 0. The van der Waals surface area contributed by atoms with Gasteiger partial charge in [0.2, 0.25) is 0 Å². The Morgan fingerprint density at radius 1 is 0.929 bits per heavy atom. The number of thiazole rings is 2. The summed E-state index contributed by atoms with van der Waals surface area (Å²) in [5.41, 5.74) is 1.31. The van der Waals surface area contributed by atoms with Crippen molar-refractivity contribution in [2.75, 3.05) is 0 Å². The third kappa shape index (κ3) is 4.62. The van der Waals surface area contributed by atoms with Crippen molar-refractivity contribution in [3.05, 3.63) is 36.4 Å². The predicted octanol–water partition coefficient (Wildman–Crippen LogP) is 5.38. The van der Waals surface area contributed by atoms with Crippen molar-refractivity contribution in [3.8, 4) is 0 Å². The average molecular weight is 493 g/mol. The lowest BCUT2D eigenvalue weighted by Crippen LogP contribution is -1.96. The highest BCUT2D eigenvalue weighted by Gasteiger charge is 2.14. The van der Waals surface area contributed by atoms with Crippen LogP contribution in [0.25, 0.3) is 20.4 Å². The van der Waals surface area contributed by atoms with E-state index in [1.54, 1.807) is 6.07 Å². The van der Waals surface area contributed by atoms with Gasteiger partial charge in [-0.25, -0.2) is 15.2 Å². The first kappa shape index (κ1) is 20.3. The SMILES string of the molecule is O=S(=O)(O)c1ccc2sc(SSc3nc4cc(SOOO)ccc4s3)nc2c1. The molecule has 0 amide bonds. The molecule has 28 heavy (non-hydrogen) atoms. The van der Waals surface area contributed by atoms with Gasteiger partial charge in [-0.15, -0.1) is 27.0 Å². The first-order chi connectivity index (χ1) is 13.4. The van der Waals surface area contributed by atoms with Crippen molar-refractivity contribution in [3.63, 3.8) is 0 Å². The van der Waals surface area contributed by atoms with Crippen molar-refractivity contribution in [1.29, 1.82) is 0 Å². The van der Waals surface area contributed by atoms with Crippen molar-refractivity contribution >= 4 is 86.9 Å². The van der Waals surface area contributed by atoms with E-state index in [0.717, 1.165) is 40.5 Å². The van der Waals surface area contributed by atoms with Gasteiger partial charge in [0.15, 0.2) is 8.68 Å². The lowest BCUT2D eigenvalue weighted by molar-refractivity contribution is -0.432. The summed E-state index contributed by atoms with van der Waals surface area (Å²) < 4.78 is 39.5. The second kappa shape index (κ2) is 8.43. The number of fused-ring (bicyclic) bond motifs is 2. The molecule has 0 saturated heterocycles. The molecule has 2 aromatic carbocycles. The molecule has 2 heterocycles. The maximum Gasteiger partial charge on any atom is 0.294 e. The highest BCUT2D eigenvalue weighted by Crippen LogP contribution is 2.43. The second-order valence-electron chi connectivity index (χ2n) is 5.09. The average Bonchev–Trinajstić information content (AvgIpc) is 3.25. The molecule has 0 aliphatic heterocycles. The number of hydrogen-bond acceptors (Lipinski definition) is 12. The lowest BCUT2D eigenvalue weighted by Gasteiger charge is -1.96. The Hall–Kier alpha value is -0.940. The van der Waals surface area contributed by atoms with Gasteiger partial charge in [-0.2, -0.15) is 8.42 Å². The Kier molecular flexibility index (Phi) is 6.12. The highest BCUT2D eigenvalue weighted by atomic mass is 33.1. The molecule has 0 saturated carbocycles. The van der Waals surface area contributed by atoms with E-state index in [1.165, 1.54) is 56.4 Å². The lowest BCUT2D eigenvalue weighted by atomic mass is 10.3. The van der Waals surface area contributed by atoms with E-state index in [4.69, 9.17) is 9.81 Å². The molecule has 14 heteroatoms. The monoisotopic (exact) mass is 492 g/mol. The topological polar surface area (TPSA) is 119 Å². The summed E-state index contributed by atoms with van der Waals surface area (Å²) in [6, 6.07) is 9.88. The number of aromatic nitrogens is 2. The molecule has 2 N–H and O–H groups in total. The van der Waals surface area contributed by atoms with Gasteiger partial charge >= 0.3 is 0 Å². The van der Waals surface area contributed by atoms with Crippen LogP contribution >= 0.6 is 56.3 Å². The van der Waals surface area contributed by atoms with Gasteiger partial charge in [0.05, 0.1) is 37.4 Å². The fourth-order valence-corrected chi connectivity index (χ4v) is 7.53. The minimum absolute atomic E-state index is 0.176. The molecular formula is C14H8N2O6S6. The zero-order chi connectivity index (χ0) is 19.7. The number of rotatable bonds is 7. The van der Waals surface area contributed by atoms with Crippen LogP contribution in [0.3, 0.4) is 0 Å². The first-order valence-electron chi connectivity index (χ1n) is 7.20. The Bertz CT molecular complexity index is 1250. The summed E-state index contributed by atoms with van der Waals surface area (Å²) in [7, 11) is -1.38. The van der Waals surface area contributed by atoms with Crippen LogP contribution in [0, 0.1) is 0 Å². The molecule has 8 nitrogen and oxygen atoms in total. The minimum Gasteiger partial charge on any atom is -0.282 e. The molecule has 0 fully saturated rings. The molecule has 0 radical (unpaired) electrons. The van der Waals surface area contributed by atoms with Crippen molar-refractivity contribution in [2.24, 2.45) is 0 Å². The van der Waals surface area contributed by atoms with Gasteiger partial charge in [-0.1, -0.05) is 5.04 Å². The Morgan fingerprint density at radius 2 is 1.54 bits per heavy atom. The Labute approximate surface area is 178 Å². The van der Waals surface area contributed by atoms with Crippen LogP contribution in [0.4, 0.5) is 0 Å². The number of nitrogens with zero attached hydrogens (tertiary/aromatic N) is 2. The molecule has 0 aliphatic carbocycles. The van der Waals surface area contributed by atoms with E-state index in [-0.39, 0.29) is 4.90 Å². The van der Waals surface area contributed by atoms with E-state index in [2.05, 4.69) is 19.3 Å². The second-order valence-corrected chi connectivity index (χ2v) is 12.0. The molecular weight excluding hydrogens is 485 g/mol. The molecule has 2 aromatic heterocycles. The van der Waals surface area contributed by atoms with Gasteiger partial charge in [0, 0.05) is 4.90 Å². The van der Waals surface area contributed by atoms with E-state index in [9.17, 15) is 8.42 Å². The van der Waals surface area contributed by atoms with Crippen molar-refractivity contribution in [1.82, 2.24) is 9.97 Å². The molecule has 4 aromatic rings. The standard InChI is InChI=1S/C14H8N2O6S6/c17-21-22-25-7-1-3-11-9(5-7)15-13(23-11)26-27-14-16-10-6-8(28(18,19)20)2-4-12(10)24-14/h1-6,17H,(H,18,19,20). The highest BCUT2D eigenvalue weighted by molar-refractivity contribution is 8.77. The summed E-state index contributed by atoms with van der Waals surface area (Å²) in [5, 5.41) is 11.8. The summed E-state index contributed by atoms with van der Waals surface area (Å²) in [5.74, 6) is 0. The number of benzene rings is 2. The van der Waals surface area contributed by atoms with Crippen LogP contribution in [0.2, 0.25) is 0 Å². The molecule has 0 aliphatic rings. The van der Waals surface area contributed by atoms with Crippen LogP contribution in [0.15, 0.2) is 54.9 Å². The largest absolute Gasteiger partial charge is 0.294 e. The van der Waals surface area contributed by atoms with E-state index in [0.29, 0.717) is 5.52 Å². The van der Waals surface area contributed by atoms with E-state index >= 15 is 0 Å². The third-order valence-corrected chi connectivity index (χ3v) is 9.79. The van der Waals surface area contributed by atoms with Crippen molar-refractivity contribution in [2.45, 2.75) is 18.5 Å². The first-order valence-corrected chi connectivity index (χ1v) is 13.2. The molecule has 4 rings (SSSR count). The van der Waals surface area contributed by atoms with Crippen LogP contribution in [-0.2, 0) is 19.5 Å². The predicted molar refractivity (Wildman–Crippen MR) is 111 cm³/mol. The van der Waals surface area contributed by atoms with Gasteiger partial charge < -0.3 is 0 Å². The third-order valence-electron chi connectivity index (χ3n) is 3.32. The van der Waals surface area contributed by atoms with Crippen LogP contribution in [-0.4, -0.2) is 28.2 Å². The molecule has 146 valence electrons. The van der Waals surface area contributed by atoms with Gasteiger partial charge in [0.1, 0.15) is 0 Å². The van der Waals surface area contributed by atoms with Gasteiger partial charge in [-0.3, -0.25) is 4.55 Å². The van der Waals surface area contributed by atoms with Gasteiger partial charge in [-0.05, 0) is 58.0 Å². The maximum atomic E-state index is 11.2. The Balaban J connectivity index is 1.50.